The molecule has 0 unspecified atom stereocenters. The van der Waals surface area contributed by atoms with Gasteiger partial charge in [-0.05, 0) is 6.42 Å². The summed E-state index contributed by atoms with van der Waals surface area (Å²) in [6.45, 7) is 2.10. The van der Waals surface area contributed by atoms with Gasteiger partial charge in [0.15, 0.2) is 0 Å². The second kappa shape index (κ2) is 7.88. The molecule has 0 aliphatic rings. The summed E-state index contributed by atoms with van der Waals surface area (Å²) < 4.78 is 60.4. The Balaban J connectivity index is 3.46. The maximum Gasteiger partial charge on any atom is 0.453 e. The van der Waals surface area contributed by atoms with Gasteiger partial charge in [-0.1, -0.05) is 51.9 Å². The summed E-state index contributed by atoms with van der Waals surface area (Å²) in [6, 6.07) is 0. The Kier molecular flexibility index (Phi) is 7.71. The normalized spacial score (nSPS) is 13.1. The fourth-order valence-corrected chi connectivity index (χ4v) is 1.62. The van der Waals surface area contributed by atoms with Crippen LogP contribution in [0.4, 0.5) is 22.0 Å². The first-order valence-electron chi connectivity index (χ1n) is 6.26. The Bertz CT molecular complexity index is 186. The van der Waals surface area contributed by atoms with Crippen LogP contribution in [0.15, 0.2) is 0 Å². The van der Waals surface area contributed by atoms with Crippen molar-refractivity contribution >= 4 is 0 Å². The summed E-state index contributed by atoms with van der Waals surface area (Å²) >= 11 is 0. The average molecular weight is 260 g/mol. The Labute approximate surface area is 99.6 Å². The molecule has 0 spiro atoms. The van der Waals surface area contributed by atoms with Crippen LogP contribution in [0.25, 0.3) is 0 Å². The number of hydrogen-bond donors (Lipinski definition) is 0. The van der Waals surface area contributed by atoms with E-state index in [1.54, 1.807) is 0 Å². The Morgan fingerprint density at radius 1 is 0.647 bits per heavy atom. The molecule has 0 saturated heterocycles. The van der Waals surface area contributed by atoms with E-state index < -0.39 is 18.5 Å². The minimum absolute atomic E-state index is 0.0553. The van der Waals surface area contributed by atoms with Gasteiger partial charge in [-0.15, -0.1) is 0 Å². The fourth-order valence-electron chi connectivity index (χ4n) is 1.62. The Morgan fingerprint density at radius 2 is 1.06 bits per heavy atom. The third-order valence-corrected chi connectivity index (χ3v) is 2.76. The quantitative estimate of drug-likeness (QED) is 0.367. The highest BCUT2D eigenvalue weighted by atomic mass is 19.4. The van der Waals surface area contributed by atoms with Crippen LogP contribution in [-0.2, 0) is 0 Å². The highest BCUT2D eigenvalue weighted by Crippen LogP contribution is 2.39. The standard InChI is InChI=1S/C12H21F5/c1-2-3-4-5-6-7-8-9-10-11(13,14)12(15,16)17/h2-10H2,1H3. The molecular formula is C12H21F5. The first kappa shape index (κ1) is 16.6. The number of rotatable bonds is 9. The minimum Gasteiger partial charge on any atom is -0.196 e. The molecular weight excluding hydrogens is 239 g/mol. The molecule has 0 aromatic carbocycles. The van der Waals surface area contributed by atoms with Crippen molar-refractivity contribution in [3.05, 3.63) is 0 Å². The highest BCUT2D eigenvalue weighted by Gasteiger charge is 2.56. The second-order valence-corrected chi connectivity index (χ2v) is 4.43. The van der Waals surface area contributed by atoms with Crippen molar-refractivity contribution in [3.8, 4) is 0 Å². The van der Waals surface area contributed by atoms with Crippen LogP contribution in [0.2, 0.25) is 0 Å². The van der Waals surface area contributed by atoms with Gasteiger partial charge in [0.25, 0.3) is 0 Å². The second-order valence-electron chi connectivity index (χ2n) is 4.43. The van der Waals surface area contributed by atoms with Gasteiger partial charge in [0.1, 0.15) is 0 Å². The van der Waals surface area contributed by atoms with Crippen LogP contribution in [-0.4, -0.2) is 12.1 Å². The molecule has 5 heteroatoms. The molecule has 0 radical (unpaired) electrons. The number of unbranched alkanes of at least 4 members (excludes halogenated alkanes) is 7. The van der Waals surface area contributed by atoms with Crippen LogP contribution in [0.5, 0.6) is 0 Å². The van der Waals surface area contributed by atoms with Crippen molar-refractivity contribution in [3.63, 3.8) is 0 Å². The Morgan fingerprint density at radius 3 is 1.47 bits per heavy atom. The van der Waals surface area contributed by atoms with Gasteiger partial charge in [0, 0.05) is 6.42 Å². The molecule has 0 saturated carbocycles. The number of alkyl halides is 5. The van der Waals surface area contributed by atoms with Gasteiger partial charge >= 0.3 is 12.1 Å². The van der Waals surface area contributed by atoms with Gasteiger partial charge in [-0.25, -0.2) is 0 Å². The zero-order valence-corrected chi connectivity index (χ0v) is 10.3. The highest BCUT2D eigenvalue weighted by molar-refractivity contribution is 4.75. The molecule has 0 aromatic rings. The van der Waals surface area contributed by atoms with Crippen LogP contribution in [0.3, 0.4) is 0 Å². The van der Waals surface area contributed by atoms with Crippen LogP contribution >= 0.6 is 0 Å². The monoisotopic (exact) mass is 260 g/mol. The maximum absolute atomic E-state index is 12.5. The largest absolute Gasteiger partial charge is 0.453 e. The molecule has 0 nitrogen and oxygen atoms in total. The van der Waals surface area contributed by atoms with E-state index in [9.17, 15) is 22.0 Å². The summed E-state index contributed by atoms with van der Waals surface area (Å²) in [5, 5.41) is 0. The summed E-state index contributed by atoms with van der Waals surface area (Å²) in [5.74, 6) is -4.52. The third-order valence-electron chi connectivity index (χ3n) is 2.76. The lowest BCUT2D eigenvalue weighted by molar-refractivity contribution is -0.284. The third kappa shape index (κ3) is 7.55. The lowest BCUT2D eigenvalue weighted by Gasteiger charge is -2.19. The fraction of sp³-hybridized carbons (Fsp3) is 1.00. The topological polar surface area (TPSA) is 0 Å². The van der Waals surface area contributed by atoms with Crippen molar-refractivity contribution < 1.29 is 22.0 Å². The number of hydrogen-bond acceptors (Lipinski definition) is 0. The molecule has 0 fully saturated rings. The minimum atomic E-state index is -5.39. The van der Waals surface area contributed by atoms with Gasteiger partial charge in [-0.2, -0.15) is 22.0 Å². The first-order chi connectivity index (χ1) is 7.81. The SMILES string of the molecule is CCCCCCCCCCC(F)(F)C(F)(F)F. The molecule has 0 amide bonds. The van der Waals surface area contributed by atoms with Crippen molar-refractivity contribution in [1.82, 2.24) is 0 Å². The maximum atomic E-state index is 12.5. The summed E-state index contributed by atoms with van der Waals surface area (Å²) in [4.78, 5) is 0. The van der Waals surface area contributed by atoms with E-state index in [0.29, 0.717) is 6.42 Å². The predicted octanol–water partition coefficient (Wildman–Crippen LogP) is 5.71. The smallest absolute Gasteiger partial charge is 0.196 e. The zero-order valence-electron chi connectivity index (χ0n) is 10.3. The van der Waals surface area contributed by atoms with Gasteiger partial charge in [0.05, 0.1) is 0 Å². The lowest BCUT2D eigenvalue weighted by Crippen LogP contribution is -2.36. The summed E-state index contributed by atoms with van der Waals surface area (Å²) in [5.41, 5.74) is 0. The van der Waals surface area contributed by atoms with E-state index in [1.165, 1.54) is 0 Å². The molecule has 104 valence electrons. The van der Waals surface area contributed by atoms with E-state index in [-0.39, 0.29) is 6.42 Å². The van der Waals surface area contributed by atoms with E-state index in [2.05, 4.69) is 6.92 Å². The van der Waals surface area contributed by atoms with Crippen molar-refractivity contribution in [2.24, 2.45) is 0 Å². The number of halogens is 5. The van der Waals surface area contributed by atoms with Gasteiger partial charge in [0.2, 0.25) is 0 Å². The lowest BCUT2D eigenvalue weighted by atomic mass is 10.1. The average Bonchev–Trinajstić information content (AvgIpc) is 2.20. The van der Waals surface area contributed by atoms with E-state index in [1.807, 2.05) is 0 Å². The first-order valence-corrected chi connectivity index (χ1v) is 6.26. The van der Waals surface area contributed by atoms with Crippen molar-refractivity contribution in [2.75, 3.05) is 0 Å². The van der Waals surface area contributed by atoms with E-state index in [0.717, 1.165) is 38.5 Å². The Hall–Kier alpha value is -0.350. The molecule has 0 N–H and O–H groups in total. The molecule has 17 heavy (non-hydrogen) atoms. The van der Waals surface area contributed by atoms with Gasteiger partial charge in [-0.3, -0.25) is 0 Å². The van der Waals surface area contributed by atoms with E-state index >= 15 is 0 Å². The molecule has 0 rings (SSSR count). The zero-order chi connectivity index (χ0) is 13.4. The van der Waals surface area contributed by atoms with Crippen LogP contribution in [0, 0.1) is 0 Å². The molecule has 0 bridgehead atoms. The van der Waals surface area contributed by atoms with Crippen LogP contribution < -0.4 is 0 Å². The van der Waals surface area contributed by atoms with Gasteiger partial charge < -0.3 is 0 Å². The molecule has 0 aromatic heterocycles. The summed E-state index contributed by atoms with van der Waals surface area (Å²) in [7, 11) is 0. The van der Waals surface area contributed by atoms with Crippen molar-refractivity contribution in [2.45, 2.75) is 76.8 Å². The molecule has 0 aliphatic heterocycles. The molecule has 0 aliphatic carbocycles. The summed E-state index contributed by atoms with van der Waals surface area (Å²) in [6.07, 6.45) is 0.0651. The molecule has 0 heterocycles. The molecule has 0 atom stereocenters. The van der Waals surface area contributed by atoms with Crippen LogP contribution in [0.1, 0.15) is 64.7 Å². The van der Waals surface area contributed by atoms with Crippen molar-refractivity contribution in [1.29, 1.82) is 0 Å². The van der Waals surface area contributed by atoms with E-state index in [4.69, 9.17) is 0 Å². The predicted molar refractivity (Wildman–Crippen MR) is 58.2 cm³/mol.